The highest BCUT2D eigenvalue weighted by molar-refractivity contribution is 5.91. The molecule has 9 heteroatoms. The van der Waals surface area contributed by atoms with Gasteiger partial charge in [-0.1, -0.05) is 42.5 Å². The second-order valence-electron chi connectivity index (χ2n) is 8.41. The summed E-state index contributed by atoms with van der Waals surface area (Å²) in [5, 5.41) is 21.3. The molecule has 2 atom stereocenters. The van der Waals surface area contributed by atoms with Crippen molar-refractivity contribution in [2.24, 2.45) is 0 Å². The van der Waals surface area contributed by atoms with Crippen molar-refractivity contribution >= 4 is 11.8 Å². The number of methoxy groups -OCH3 is 1. The number of para-hydroxylation sites is 1. The number of nitrogens with one attached hydrogen (secondary N) is 2. The summed E-state index contributed by atoms with van der Waals surface area (Å²) >= 11 is 0. The highest BCUT2D eigenvalue weighted by Crippen LogP contribution is 2.32. The maximum absolute atomic E-state index is 13.2. The SMILES string of the molecule is COc1ncc(-c2nn(-c3ccccc3)c(NC(=O)NC3c4ccccc4CCC3O)c2C)cn1. The van der Waals surface area contributed by atoms with Crippen LogP contribution in [0.3, 0.4) is 0 Å². The third-order valence-electron chi connectivity index (χ3n) is 6.21. The van der Waals surface area contributed by atoms with E-state index >= 15 is 0 Å². The molecule has 35 heavy (non-hydrogen) atoms. The van der Waals surface area contributed by atoms with Crippen molar-refractivity contribution < 1.29 is 14.6 Å². The zero-order valence-electron chi connectivity index (χ0n) is 19.5. The molecule has 0 saturated carbocycles. The molecule has 4 aromatic rings. The number of ether oxygens (including phenoxy) is 1. The van der Waals surface area contributed by atoms with Gasteiger partial charge in [0, 0.05) is 23.5 Å². The van der Waals surface area contributed by atoms with Gasteiger partial charge in [-0.05, 0) is 43.0 Å². The number of amides is 2. The van der Waals surface area contributed by atoms with E-state index in [9.17, 15) is 9.90 Å². The van der Waals surface area contributed by atoms with Gasteiger partial charge in [0.05, 0.1) is 24.9 Å². The third-order valence-corrected chi connectivity index (χ3v) is 6.21. The normalized spacial score (nSPS) is 16.9. The molecule has 178 valence electrons. The van der Waals surface area contributed by atoms with E-state index in [0.29, 0.717) is 23.5 Å². The summed E-state index contributed by atoms with van der Waals surface area (Å²) in [4.78, 5) is 21.6. The number of hydrogen-bond donors (Lipinski definition) is 3. The van der Waals surface area contributed by atoms with E-state index in [4.69, 9.17) is 9.84 Å². The molecule has 2 heterocycles. The number of aryl methyl sites for hydroxylation is 1. The van der Waals surface area contributed by atoms with Crippen molar-refractivity contribution in [3.63, 3.8) is 0 Å². The summed E-state index contributed by atoms with van der Waals surface area (Å²) in [5.74, 6) is 0.512. The van der Waals surface area contributed by atoms with Crippen LogP contribution in [0.25, 0.3) is 16.9 Å². The molecule has 2 aromatic heterocycles. The predicted octanol–water partition coefficient (Wildman–Crippen LogP) is 3.82. The molecule has 9 nitrogen and oxygen atoms in total. The molecule has 0 spiro atoms. The Morgan fingerprint density at radius 1 is 1.09 bits per heavy atom. The molecule has 2 amide bonds. The largest absolute Gasteiger partial charge is 0.467 e. The van der Waals surface area contributed by atoms with Gasteiger partial charge in [0.25, 0.3) is 0 Å². The van der Waals surface area contributed by atoms with Gasteiger partial charge < -0.3 is 15.2 Å². The lowest BCUT2D eigenvalue weighted by Gasteiger charge is -2.31. The first-order valence-corrected chi connectivity index (χ1v) is 11.4. The van der Waals surface area contributed by atoms with Crippen LogP contribution in [0.1, 0.15) is 29.2 Å². The van der Waals surface area contributed by atoms with Gasteiger partial charge in [-0.2, -0.15) is 5.10 Å². The lowest BCUT2D eigenvalue weighted by molar-refractivity contribution is 0.114. The highest BCUT2D eigenvalue weighted by atomic mass is 16.5. The van der Waals surface area contributed by atoms with Crippen molar-refractivity contribution in [1.29, 1.82) is 0 Å². The van der Waals surface area contributed by atoms with Crippen LogP contribution < -0.4 is 15.4 Å². The number of aliphatic hydroxyl groups is 1. The summed E-state index contributed by atoms with van der Waals surface area (Å²) < 4.78 is 6.74. The quantitative estimate of drug-likeness (QED) is 0.409. The maximum Gasteiger partial charge on any atom is 0.320 e. The number of benzene rings is 2. The zero-order chi connectivity index (χ0) is 24.4. The Morgan fingerprint density at radius 3 is 2.54 bits per heavy atom. The van der Waals surface area contributed by atoms with E-state index in [1.165, 1.54) is 7.11 Å². The maximum atomic E-state index is 13.2. The Morgan fingerprint density at radius 2 is 1.80 bits per heavy atom. The molecule has 3 N–H and O–H groups in total. The monoisotopic (exact) mass is 470 g/mol. The number of anilines is 1. The summed E-state index contributed by atoms with van der Waals surface area (Å²) in [7, 11) is 1.51. The van der Waals surface area contributed by atoms with Crippen LogP contribution in [0.5, 0.6) is 6.01 Å². The van der Waals surface area contributed by atoms with Crippen molar-refractivity contribution in [2.45, 2.75) is 31.9 Å². The van der Waals surface area contributed by atoms with Crippen LogP contribution in [0.2, 0.25) is 0 Å². The third kappa shape index (κ3) is 4.45. The van der Waals surface area contributed by atoms with Gasteiger partial charge in [0.2, 0.25) is 0 Å². The molecular formula is C26H26N6O3. The van der Waals surface area contributed by atoms with Crippen molar-refractivity contribution in [1.82, 2.24) is 25.1 Å². The number of rotatable bonds is 5. The van der Waals surface area contributed by atoms with Crippen molar-refractivity contribution in [3.8, 4) is 23.0 Å². The van der Waals surface area contributed by atoms with Gasteiger partial charge in [0.15, 0.2) is 0 Å². The summed E-state index contributed by atoms with van der Waals surface area (Å²) in [5.41, 5.74) is 4.94. The Kier molecular flexibility index (Phi) is 6.15. The van der Waals surface area contributed by atoms with Gasteiger partial charge in [-0.3, -0.25) is 5.32 Å². The van der Waals surface area contributed by atoms with Crippen molar-refractivity contribution in [3.05, 3.63) is 83.7 Å². The van der Waals surface area contributed by atoms with Crippen LogP contribution >= 0.6 is 0 Å². The van der Waals surface area contributed by atoms with Gasteiger partial charge >= 0.3 is 12.0 Å². The molecule has 2 aromatic carbocycles. The van der Waals surface area contributed by atoms with E-state index < -0.39 is 18.2 Å². The molecule has 1 aliphatic rings. The lowest BCUT2D eigenvalue weighted by Crippen LogP contribution is -2.41. The van der Waals surface area contributed by atoms with E-state index in [1.807, 2.05) is 61.5 Å². The molecule has 0 fully saturated rings. The Balaban J connectivity index is 1.48. The topological polar surface area (TPSA) is 114 Å². The summed E-state index contributed by atoms with van der Waals surface area (Å²) in [6.45, 7) is 1.88. The second kappa shape index (κ2) is 9.55. The van der Waals surface area contributed by atoms with Crippen LogP contribution in [0, 0.1) is 6.92 Å². The first kappa shape index (κ1) is 22.5. The Hall–Kier alpha value is -4.24. The smallest absolute Gasteiger partial charge is 0.320 e. The number of hydrogen-bond acceptors (Lipinski definition) is 6. The molecule has 0 bridgehead atoms. The number of nitrogens with zero attached hydrogens (tertiary/aromatic N) is 4. The standard InChI is InChI=1S/C26H26N6O3/c1-16-22(18-14-27-26(35-2)28-15-18)31-32(19-9-4-3-5-10-19)24(16)30-25(34)29-23-20-11-7-6-8-17(20)12-13-21(23)33/h3-11,14-15,21,23,33H,12-13H2,1-2H3,(H2,29,30,34). The highest BCUT2D eigenvalue weighted by Gasteiger charge is 2.30. The second-order valence-corrected chi connectivity index (χ2v) is 8.41. The minimum atomic E-state index is -0.664. The van der Waals surface area contributed by atoms with Crippen molar-refractivity contribution in [2.75, 3.05) is 12.4 Å². The zero-order valence-corrected chi connectivity index (χ0v) is 19.5. The molecule has 0 aliphatic heterocycles. The Labute approximate surface area is 202 Å². The number of fused-ring (bicyclic) bond motifs is 1. The number of aromatic nitrogens is 4. The average molecular weight is 471 g/mol. The van der Waals surface area contributed by atoms with E-state index in [2.05, 4.69) is 20.6 Å². The van der Waals surface area contributed by atoms with E-state index in [1.54, 1.807) is 17.1 Å². The lowest BCUT2D eigenvalue weighted by atomic mass is 9.86. The Bertz CT molecular complexity index is 1340. The minimum Gasteiger partial charge on any atom is -0.467 e. The van der Waals surface area contributed by atoms with Gasteiger partial charge in [-0.15, -0.1) is 0 Å². The fourth-order valence-electron chi connectivity index (χ4n) is 4.42. The van der Waals surface area contributed by atoms with E-state index in [-0.39, 0.29) is 6.01 Å². The fraction of sp³-hybridized carbons (Fsp3) is 0.231. The number of carbonyl (C=O) groups excluding carboxylic acids is 1. The van der Waals surface area contributed by atoms with Crippen LogP contribution in [0.4, 0.5) is 10.6 Å². The summed E-state index contributed by atoms with van der Waals surface area (Å²) in [6, 6.07) is 16.7. The molecule has 0 saturated heterocycles. The molecular weight excluding hydrogens is 444 g/mol. The van der Waals surface area contributed by atoms with Crippen LogP contribution in [-0.2, 0) is 6.42 Å². The summed E-state index contributed by atoms with van der Waals surface area (Å²) in [6.07, 6.45) is 3.98. The molecule has 1 aliphatic carbocycles. The van der Waals surface area contributed by atoms with Gasteiger partial charge in [-0.25, -0.2) is 19.4 Å². The average Bonchev–Trinajstić information content (AvgIpc) is 3.22. The molecule has 0 radical (unpaired) electrons. The first-order valence-electron chi connectivity index (χ1n) is 11.4. The fourth-order valence-corrected chi connectivity index (χ4v) is 4.42. The minimum absolute atomic E-state index is 0.262. The number of aliphatic hydroxyl groups excluding tert-OH is 1. The number of carbonyl (C=O) groups is 1. The first-order chi connectivity index (χ1) is 17.0. The van der Waals surface area contributed by atoms with Crippen LogP contribution in [-0.4, -0.2) is 44.1 Å². The van der Waals surface area contributed by atoms with Gasteiger partial charge in [0.1, 0.15) is 11.5 Å². The van der Waals surface area contributed by atoms with E-state index in [0.717, 1.165) is 28.8 Å². The number of urea groups is 1. The van der Waals surface area contributed by atoms with Crippen LogP contribution in [0.15, 0.2) is 67.0 Å². The molecule has 5 rings (SSSR count). The predicted molar refractivity (Wildman–Crippen MR) is 132 cm³/mol. The molecule has 2 unspecified atom stereocenters.